The van der Waals surface area contributed by atoms with E-state index in [1.165, 1.54) is 5.56 Å². The molecule has 3 rings (SSSR count). The third-order valence-electron chi connectivity index (χ3n) is 2.70. The van der Waals surface area contributed by atoms with E-state index >= 15 is 0 Å². The fourth-order valence-corrected chi connectivity index (χ4v) is 1.93. The van der Waals surface area contributed by atoms with Gasteiger partial charge in [-0.15, -0.1) is 0 Å². The smallest absolute Gasteiger partial charge is 0.129 e. The summed E-state index contributed by atoms with van der Waals surface area (Å²) in [5.74, 6) is 1.01. The number of para-hydroxylation sites is 1. The predicted octanol–water partition coefficient (Wildman–Crippen LogP) is 2.76. The van der Waals surface area contributed by atoms with Crippen LogP contribution in [0.4, 0.5) is 0 Å². The average Bonchev–Trinajstić information content (AvgIpc) is 2.74. The Hall–Kier alpha value is -1.83. The first kappa shape index (κ1) is 8.48. The minimum absolute atomic E-state index is 0.135. The number of ether oxygens (including phenoxy) is 1. The van der Waals surface area contributed by atoms with Gasteiger partial charge >= 0.3 is 0 Å². The highest BCUT2D eigenvalue weighted by Crippen LogP contribution is 2.35. The van der Waals surface area contributed by atoms with Crippen molar-refractivity contribution in [3.8, 4) is 5.75 Å². The second kappa shape index (κ2) is 3.39. The second-order valence-electron chi connectivity index (χ2n) is 3.70. The Morgan fingerprint density at radius 1 is 1.13 bits per heavy atom. The SMILES string of the molecule is c1cncc([C@H]2Cc3ccccc3O2)c1. The van der Waals surface area contributed by atoms with E-state index in [0.717, 1.165) is 17.7 Å². The van der Waals surface area contributed by atoms with Crippen molar-refractivity contribution in [2.24, 2.45) is 0 Å². The van der Waals surface area contributed by atoms with E-state index in [9.17, 15) is 0 Å². The maximum Gasteiger partial charge on any atom is 0.129 e. The lowest BCUT2D eigenvalue weighted by molar-refractivity contribution is 0.238. The van der Waals surface area contributed by atoms with Crippen LogP contribution in [0.25, 0.3) is 0 Å². The molecule has 15 heavy (non-hydrogen) atoms. The van der Waals surface area contributed by atoms with Gasteiger partial charge in [-0.25, -0.2) is 0 Å². The fraction of sp³-hybridized carbons (Fsp3) is 0.154. The second-order valence-corrected chi connectivity index (χ2v) is 3.70. The number of nitrogens with zero attached hydrogens (tertiary/aromatic N) is 1. The van der Waals surface area contributed by atoms with Crippen LogP contribution in [0.15, 0.2) is 48.8 Å². The molecule has 2 heterocycles. The number of hydrogen-bond donors (Lipinski definition) is 0. The maximum absolute atomic E-state index is 5.85. The average molecular weight is 197 g/mol. The summed E-state index contributed by atoms with van der Waals surface area (Å²) in [6.45, 7) is 0. The number of pyridine rings is 1. The molecule has 74 valence electrons. The van der Waals surface area contributed by atoms with Gasteiger partial charge in [-0.3, -0.25) is 4.98 Å². The number of benzene rings is 1. The molecule has 1 aliphatic rings. The van der Waals surface area contributed by atoms with Crippen molar-refractivity contribution in [2.45, 2.75) is 12.5 Å². The third-order valence-corrected chi connectivity index (χ3v) is 2.70. The number of fused-ring (bicyclic) bond motifs is 1. The zero-order valence-corrected chi connectivity index (χ0v) is 8.26. The Morgan fingerprint density at radius 2 is 2.07 bits per heavy atom. The van der Waals surface area contributed by atoms with E-state index in [-0.39, 0.29) is 6.10 Å². The van der Waals surface area contributed by atoms with Gasteiger partial charge in [0.25, 0.3) is 0 Å². The molecule has 0 fully saturated rings. The monoisotopic (exact) mass is 197 g/mol. The van der Waals surface area contributed by atoms with E-state index in [1.54, 1.807) is 6.20 Å². The van der Waals surface area contributed by atoms with Gasteiger partial charge in [-0.05, 0) is 17.7 Å². The Bertz CT molecular complexity index is 442. The van der Waals surface area contributed by atoms with Crippen molar-refractivity contribution >= 4 is 0 Å². The highest BCUT2D eigenvalue weighted by Gasteiger charge is 2.23. The molecule has 1 aromatic carbocycles. The number of hydrogen-bond acceptors (Lipinski definition) is 2. The molecule has 2 nitrogen and oxygen atoms in total. The number of rotatable bonds is 1. The van der Waals surface area contributed by atoms with Gasteiger partial charge in [0.2, 0.25) is 0 Å². The van der Waals surface area contributed by atoms with Crippen molar-refractivity contribution in [2.75, 3.05) is 0 Å². The highest BCUT2D eigenvalue weighted by atomic mass is 16.5. The zero-order valence-electron chi connectivity index (χ0n) is 8.26. The van der Waals surface area contributed by atoms with E-state index < -0.39 is 0 Å². The van der Waals surface area contributed by atoms with Crippen LogP contribution in [0.5, 0.6) is 5.75 Å². The van der Waals surface area contributed by atoms with Gasteiger partial charge in [0.1, 0.15) is 11.9 Å². The first-order chi connectivity index (χ1) is 7.43. The van der Waals surface area contributed by atoms with E-state index in [4.69, 9.17) is 4.74 Å². The van der Waals surface area contributed by atoms with Crippen molar-refractivity contribution in [3.05, 3.63) is 59.9 Å². The summed E-state index contributed by atoms with van der Waals surface area (Å²) in [6, 6.07) is 12.2. The van der Waals surface area contributed by atoms with E-state index in [2.05, 4.69) is 17.1 Å². The first-order valence-corrected chi connectivity index (χ1v) is 5.08. The molecule has 0 spiro atoms. The van der Waals surface area contributed by atoms with Crippen LogP contribution in [0.1, 0.15) is 17.2 Å². The summed E-state index contributed by atoms with van der Waals surface area (Å²) in [4.78, 5) is 4.11. The molecule has 0 unspecified atom stereocenters. The molecular weight excluding hydrogens is 186 g/mol. The van der Waals surface area contributed by atoms with Crippen LogP contribution >= 0.6 is 0 Å². The Morgan fingerprint density at radius 3 is 2.87 bits per heavy atom. The van der Waals surface area contributed by atoms with E-state index in [1.807, 2.05) is 30.5 Å². The van der Waals surface area contributed by atoms with Crippen LogP contribution in [-0.2, 0) is 6.42 Å². The molecule has 0 amide bonds. The molecule has 0 aliphatic carbocycles. The summed E-state index contributed by atoms with van der Waals surface area (Å²) >= 11 is 0. The predicted molar refractivity (Wildman–Crippen MR) is 57.8 cm³/mol. The maximum atomic E-state index is 5.85. The summed E-state index contributed by atoms with van der Waals surface area (Å²) in [7, 11) is 0. The summed E-state index contributed by atoms with van der Waals surface area (Å²) in [5.41, 5.74) is 2.43. The minimum Gasteiger partial charge on any atom is -0.485 e. The van der Waals surface area contributed by atoms with Gasteiger partial charge in [-0.1, -0.05) is 24.3 Å². The highest BCUT2D eigenvalue weighted by molar-refractivity contribution is 5.39. The summed E-state index contributed by atoms with van der Waals surface area (Å²) in [6.07, 6.45) is 4.74. The van der Waals surface area contributed by atoms with Crippen molar-refractivity contribution in [3.63, 3.8) is 0 Å². The molecule has 0 saturated carbocycles. The van der Waals surface area contributed by atoms with Crippen LogP contribution in [-0.4, -0.2) is 4.98 Å². The summed E-state index contributed by atoms with van der Waals surface area (Å²) < 4.78 is 5.85. The standard InChI is InChI=1S/C13H11NO/c1-2-6-12-10(4-1)8-13(15-12)11-5-3-7-14-9-11/h1-7,9,13H,8H2/t13-/m1/s1. The lowest BCUT2D eigenvalue weighted by Gasteiger charge is -2.09. The molecule has 1 aliphatic heterocycles. The molecule has 0 saturated heterocycles. The molecule has 2 heteroatoms. The van der Waals surface area contributed by atoms with Crippen LogP contribution in [0.3, 0.4) is 0 Å². The summed E-state index contributed by atoms with van der Waals surface area (Å²) in [5, 5.41) is 0. The molecular formula is C13H11NO. The zero-order chi connectivity index (χ0) is 10.1. The molecule has 1 atom stereocenters. The van der Waals surface area contributed by atoms with E-state index in [0.29, 0.717) is 0 Å². The fourth-order valence-electron chi connectivity index (χ4n) is 1.93. The first-order valence-electron chi connectivity index (χ1n) is 5.08. The minimum atomic E-state index is 0.135. The largest absolute Gasteiger partial charge is 0.485 e. The Kier molecular flexibility index (Phi) is 1.91. The van der Waals surface area contributed by atoms with Crippen molar-refractivity contribution < 1.29 is 4.74 Å². The van der Waals surface area contributed by atoms with Gasteiger partial charge in [0, 0.05) is 24.4 Å². The Labute approximate surface area is 88.5 Å². The van der Waals surface area contributed by atoms with Crippen molar-refractivity contribution in [1.82, 2.24) is 4.98 Å². The lowest BCUT2D eigenvalue weighted by Crippen LogP contribution is -2.02. The Balaban J connectivity index is 1.91. The molecule has 0 bridgehead atoms. The van der Waals surface area contributed by atoms with Gasteiger partial charge < -0.3 is 4.74 Å². The third kappa shape index (κ3) is 1.48. The molecule has 0 radical (unpaired) electrons. The molecule has 0 N–H and O–H groups in total. The molecule has 2 aromatic rings. The topological polar surface area (TPSA) is 22.1 Å². The molecule has 1 aromatic heterocycles. The van der Waals surface area contributed by atoms with Crippen LogP contribution in [0, 0.1) is 0 Å². The van der Waals surface area contributed by atoms with Gasteiger partial charge in [0.15, 0.2) is 0 Å². The van der Waals surface area contributed by atoms with Gasteiger partial charge in [0.05, 0.1) is 0 Å². The van der Waals surface area contributed by atoms with Crippen LogP contribution in [0.2, 0.25) is 0 Å². The van der Waals surface area contributed by atoms with Crippen LogP contribution < -0.4 is 4.74 Å². The van der Waals surface area contributed by atoms with Gasteiger partial charge in [-0.2, -0.15) is 0 Å². The lowest BCUT2D eigenvalue weighted by atomic mass is 10.1. The quantitative estimate of drug-likeness (QED) is 0.701. The van der Waals surface area contributed by atoms with Crippen molar-refractivity contribution in [1.29, 1.82) is 0 Å². The normalized spacial score (nSPS) is 18.3. The number of aromatic nitrogens is 1.